The molecular formula is C56H51N3O5S2. The number of nitrogens with zero attached hydrogens (tertiary/aromatic N) is 2. The molecule has 8 nitrogen and oxygen atoms in total. The molecule has 332 valence electrons. The zero-order valence-corrected chi connectivity index (χ0v) is 38.0. The Kier molecular flexibility index (Phi) is 15.1. The third-order valence-electron chi connectivity index (χ3n) is 11.5. The van der Waals surface area contributed by atoms with Crippen molar-refractivity contribution in [2.24, 2.45) is 0 Å². The molecule has 0 atom stereocenters. The number of rotatable bonds is 20. The van der Waals surface area contributed by atoms with Crippen LogP contribution in [-0.4, -0.2) is 62.9 Å². The molecular weight excluding hydrogens is 859 g/mol. The van der Waals surface area contributed by atoms with E-state index in [9.17, 15) is 19.8 Å². The number of amides is 1. The molecule has 8 aromatic rings. The summed E-state index contributed by atoms with van der Waals surface area (Å²) in [5.74, 6) is -0.294. The molecule has 0 unspecified atom stereocenters. The van der Waals surface area contributed by atoms with Gasteiger partial charge in [0.25, 0.3) is 0 Å². The van der Waals surface area contributed by atoms with Crippen LogP contribution in [0.1, 0.15) is 49.3 Å². The van der Waals surface area contributed by atoms with Crippen LogP contribution in [0.2, 0.25) is 0 Å². The van der Waals surface area contributed by atoms with Gasteiger partial charge in [-0.1, -0.05) is 194 Å². The lowest BCUT2D eigenvalue weighted by Crippen LogP contribution is -2.39. The summed E-state index contributed by atoms with van der Waals surface area (Å²) in [4.78, 5) is 34.4. The van der Waals surface area contributed by atoms with Crippen molar-refractivity contribution in [3.8, 4) is 11.8 Å². The fraction of sp³-hybridized carbons (Fsp3) is 0.143. The normalized spacial score (nSPS) is 11.6. The number of carbonyl (C=O) groups excluding carboxylic acids is 2. The summed E-state index contributed by atoms with van der Waals surface area (Å²) in [7, 11) is 0. The number of carbonyl (C=O) groups is 2. The van der Waals surface area contributed by atoms with Crippen LogP contribution in [0, 0.1) is 0 Å². The van der Waals surface area contributed by atoms with Crippen LogP contribution in [0.4, 0.5) is 0 Å². The predicted octanol–water partition coefficient (Wildman–Crippen LogP) is 10.5. The van der Waals surface area contributed by atoms with E-state index in [0.717, 1.165) is 22.3 Å². The molecule has 10 heteroatoms. The van der Waals surface area contributed by atoms with Crippen molar-refractivity contribution >= 4 is 35.4 Å². The number of thioether (sulfide) groups is 2. The fourth-order valence-corrected chi connectivity index (χ4v) is 11.4. The molecule has 1 aromatic heterocycles. The lowest BCUT2D eigenvalue weighted by Gasteiger charge is -2.36. The van der Waals surface area contributed by atoms with E-state index in [1.807, 2.05) is 72.1 Å². The van der Waals surface area contributed by atoms with Crippen molar-refractivity contribution in [2.75, 3.05) is 31.1 Å². The van der Waals surface area contributed by atoms with Crippen molar-refractivity contribution in [3.05, 3.63) is 263 Å². The minimum atomic E-state index is -0.747. The summed E-state index contributed by atoms with van der Waals surface area (Å²) in [5.41, 5.74) is 8.12. The third-order valence-corrected chi connectivity index (χ3v) is 14.6. The number of nitrogens with one attached hydrogen (secondary N) is 1. The second kappa shape index (κ2) is 21.8. The van der Waals surface area contributed by atoms with Crippen molar-refractivity contribution in [1.82, 2.24) is 14.9 Å². The second-order valence-corrected chi connectivity index (χ2v) is 18.4. The highest BCUT2D eigenvalue weighted by atomic mass is 32.2. The molecule has 0 aliphatic heterocycles. The Morgan fingerprint density at radius 3 is 1.24 bits per heavy atom. The van der Waals surface area contributed by atoms with Crippen LogP contribution in [-0.2, 0) is 20.8 Å². The van der Waals surface area contributed by atoms with Gasteiger partial charge >= 0.3 is 5.97 Å². The summed E-state index contributed by atoms with van der Waals surface area (Å²) < 4.78 is -0.359. The van der Waals surface area contributed by atoms with Crippen LogP contribution in [0.5, 0.6) is 11.8 Å². The van der Waals surface area contributed by atoms with Crippen molar-refractivity contribution in [3.63, 3.8) is 0 Å². The quantitative estimate of drug-likeness (QED) is 0.0513. The molecule has 0 fully saturated rings. The molecule has 3 N–H and O–H groups in total. The fourth-order valence-electron chi connectivity index (χ4n) is 8.37. The van der Waals surface area contributed by atoms with E-state index < -0.39 is 27.2 Å². The molecule has 0 radical (unpaired) electrons. The van der Waals surface area contributed by atoms with Crippen LogP contribution >= 0.6 is 23.5 Å². The highest BCUT2D eigenvalue weighted by molar-refractivity contribution is 8.00. The van der Waals surface area contributed by atoms with Gasteiger partial charge in [0.2, 0.25) is 17.7 Å². The SMILES string of the molecule is O=C(CN(CCSC(c1ccccc1)(c1ccccc1)c1ccccc1)Cc1ccc(C(=O)On2c(O)ccc2O)cc1)NCCSC(c1ccccc1)(c1ccccc1)c1ccccc1. The number of hydrogen-bond acceptors (Lipinski definition) is 8. The van der Waals surface area contributed by atoms with Gasteiger partial charge in [0.05, 0.1) is 21.6 Å². The molecule has 1 heterocycles. The molecule has 8 rings (SSSR count). The van der Waals surface area contributed by atoms with E-state index in [0.29, 0.717) is 35.9 Å². The first-order chi connectivity index (χ1) is 32.4. The van der Waals surface area contributed by atoms with Gasteiger partial charge in [-0.25, -0.2) is 4.79 Å². The summed E-state index contributed by atoms with van der Waals surface area (Å²) in [5, 5.41) is 23.2. The first-order valence-corrected chi connectivity index (χ1v) is 23.9. The predicted molar refractivity (Wildman–Crippen MR) is 267 cm³/mol. The summed E-state index contributed by atoms with van der Waals surface area (Å²) in [6.07, 6.45) is 0. The van der Waals surface area contributed by atoms with E-state index in [2.05, 4.69) is 156 Å². The first kappa shape index (κ1) is 45.6. The summed E-state index contributed by atoms with van der Waals surface area (Å²) in [6, 6.07) is 72.8. The molecule has 1 amide bonds. The van der Waals surface area contributed by atoms with Gasteiger partial charge in [-0.2, -0.15) is 0 Å². The van der Waals surface area contributed by atoms with Gasteiger partial charge in [0.1, 0.15) is 0 Å². The van der Waals surface area contributed by atoms with E-state index >= 15 is 0 Å². The number of aromatic hydroxyl groups is 2. The minimum absolute atomic E-state index is 0.0858. The van der Waals surface area contributed by atoms with Crippen LogP contribution in [0.15, 0.2) is 218 Å². The topological polar surface area (TPSA) is 104 Å². The summed E-state index contributed by atoms with van der Waals surface area (Å²) in [6.45, 7) is 1.63. The Labute approximate surface area is 394 Å². The van der Waals surface area contributed by atoms with Gasteiger partial charge in [0.15, 0.2) is 0 Å². The van der Waals surface area contributed by atoms with Crippen molar-refractivity contribution in [2.45, 2.75) is 16.0 Å². The zero-order chi connectivity index (χ0) is 45.6. The third kappa shape index (κ3) is 10.4. The molecule has 7 aromatic carbocycles. The van der Waals surface area contributed by atoms with Gasteiger partial charge < -0.3 is 20.4 Å². The first-order valence-electron chi connectivity index (χ1n) is 21.9. The number of hydrogen-bond donors (Lipinski definition) is 3. The maximum absolute atomic E-state index is 14.1. The Hall–Kier alpha value is -6.98. The van der Waals surface area contributed by atoms with Crippen LogP contribution in [0.3, 0.4) is 0 Å². The minimum Gasteiger partial charge on any atom is -0.492 e. The standard InChI is InChI=1S/C56H51N3O5S2/c60-51(57-37-39-65-55(45-19-7-1-8-20-45,46-21-9-2-10-22-46)47-23-11-3-12-24-47)42-58(41-43-31-33-44(34-32-43)54(63)64-59-52(61)35-36-53(59)62)38-40-66-56(48-25-13-4-14-26-48,49-27-15-5-16-28-49)50-29-17-6-18-30-50/h1-36,61-62H,37-42H2,(H,57,60). The van der Waals surface area contributed by atoms with E-state index in [-0.39, 0.29) is 18.0 Å². The lowest BCUT2D eigenvalue weighted by atomic mass is 9.84. The molecule has 0 aliphatic rings. The largest absolute Gasteiger partial charge is 0.492 e. The maximum atomic E-state index is 14.1. The van der Waals surface area contributed by atoms with Crippen molar-refractivity contribution in [1.29, 1.82) is 0 Å². The van der Waals surface area contributed by atoms with Crippen LogP contribution in [0.25, 0.3) is 0 Å². The average molecular weight is 910 g/mol. The average Bonchev–Trinajstić information content (AvgIpc) is 3.69. The van der Waals surface area contributed by atoms with Gasteiger partial charge in [-0.3, -0.25) is 9.69 Å². The Morgan fingerprint density at radius 2 is 0.864 bits per heavy atom. The Morgan fingerprint density at radius 1 is 0.500 bits per heavy atom. The Bertz CT molecular complexity index is 2550. The molecule has 66 heavy (non-hydrogen) atoms. The van der Waals surface area contributed by atoms with Gasteiger partial charge in [-0.15, -0.1) is 28.3 Å². The highest BCUT2D eigenvalue weighted by Gasteiger charge is 2.38. The number of benzene rings is 7. The maximum Gasteiger partial charge on any atom is 0.363 e. The van der Waals surface area contributed by atoms with E-state index in [4.69, 9.17) is 4.84 Å². The molecule has 0 spiro atoms. The second-order valence-electron chi connectivity index (χ2n) is 15.7. The van der Waals surface area contributed by atoms with Crippen LogP contribution < -0.4 is 10.2 Å². The molecule has 0 saturated carbocycles. The molecule has 0 saturated heterocycles. The van der Waals surface area contributed by atoms with Crippen molar-refractivity contribution < 1.29 is 24.6 Å². The van der Waals surface area contributed by atoms with Gasteiger partial charge in [0, 0.05) is 43.3 Å². The smallest absolute Gasteiger partial charge is 0.363 e. The molecule has 0 bridgehead atoms. The monoisotopic (exact) mass is 909 g/mol. The Balaban J connectivity index is 1.02. The van der Waals surface area contributed by atoms with E-state index in [1.54, 1.807) is 12.1 Å². The zero-order valence-electron chi connectivity index (χ0n) is 36.4. The van der Waals surface area contributed by atoms with Gasteiger partial charge in [-0.05, 0) is 51.1 Å². The van der Waals surface area contributed by atoms with E-state index in [1.165, 1.54) is 28.8 Å². The lowest BCUT2D eigenvalue weighted by molar-refractivity contribution is -0.122. The molecule has 0 aliphatic carbocycles. The number of aromatic nitrogens is 1. The highest BCUT2D eigenvalue weighted by Crippen LogP contribution is 2.49. The summed E-state index contributed by atoms with van der Waals surface area (Å²) >= 11 is 3.65.